The first kappa shape index (κ1) is 16.7. The number of aromatic nitrogens is 2. The van der Waals surface area contributed by atoms with Gasteiger partial charge in [0, 0.05) is 12.4 Å². The van der Waals surface area contributed by atoms with Crippen molar-refractivity contribution in [3.05, 3.63) is 72.1 Å². The lowest BCUT2D eigenvalue weighted by molar-refractivity contribution is 0.0696. The number of hydrogen-bond donors (Lipinski definition) is 2. The summed E-state index contributed by atoms with van der Waals surface area (Å²) in [7, 11) is -3.95. The molecule has 0 unspecified atom stereocenters. The molecule has 3 rings (SSSR count). The number of aromatic carboxylic acids is 1. The van der Waals surface area contributed by atoms with E-state index in [1.807, 2.05) is 0 Å². The minimum Gasteiger partial charge on any atom is -0.478 e. The molecular formula is C17H15N3O4S. The number of carboxylic acids is 1. The summed E-state index contributed by atoms with van der Waals surface area (Å²) in [6, 6.07) is 12.5. The number of anilines is 1. The van der Waals surface area contributed by atoms with Crippen LogP contribution in [0.1, 0.15) is 15.9 Å². The van der Waals surface area contributed by atoms with E-state index in [1.54, 1.807) is 49.6 Å². The molecule has 2 N–H and O–H groups in total. The van der Waals surface area contributed by atoms with Gasteiger partial charge in [-0.25, -0.2) is 17.9 Å². The van der Waals surface area contributed by atoms with Crippen molar-refractivity contribution < 1.29 is 18.3 Å². The van der Waals surface area contributed by atoms with E-state index in [1.165, 1.54) is 16.8 Å². The Morgan fingerprint density at radius 1 is 1.16 bits per heavy atom. The van der Waals surface area contributed by atoms with Crippen molar-refractivity contribution in [1.29, 1.82) is 0 Å². The summed E-state index contributed by atoms with van der Waals surface area (Å²) >= 11 is 0. The summed E-state index contributed by atoms with van der Waals surface area (Å²) in [6.07, 6.45) is 3.28. The lowest BCUT2D eigenvalue weighted by atomic mass is 10.1. The van der Waals surface area contributed by atoms with Crippen LogP contribution in [0.3, 0.4) is 0 Å². The van der Waals surface area contributed by atoms with Gasteiger partial charge in [0.25, 0.3) is 10.0 Å². The van der Waals surface area contributed by atoms with Crippen LogP contribution in [0.4, 0.5) is 5.69 Å². The first-order chi connectivity index (χ1) is 11.9. The summed E-state index contributed by atoms with van der Waals surface area (Å²) in [6.45, 7) is 1.61. The molecule has 0 saturated carbocycles. The molecule has 25 heavy (non-hydrogen) atoms. The Labute approximate surface area is 144 Å². The molecule has 2 aromatic carbocycles. The topological polar surface area (TPSA) is 101 Å². The van der Waals surface area contributed by atoms with Crippen LogP contribution in [-0.4, -0.2) is 29.3 Å². The highest BCUT2D eigenvalue weighted by Crippen LogP contribution is 2.24. The molecule has 0 aliphatic heterocycles. The zero-order valence-corrected chi connectivity index (χ0v) is 14.1. The monoisotopic (exact) mass is 357 g/mol. The molecule has 0 fully saturated rings. The van der Waals surface area contributed by atoms with E-state index in [9.17, 15) is 18.3 Å². The molecule has 3 aromatic rings. The molecule has 0 amide bonds. The lowest BCUT2D eigenvalue weighted by Crippen LogP contribution is -2.16. The Hall–Kier alpha value is -3.13. The number of aryl methyl sites for hydroxylation is 1. The number of carbonyl (C=O) groups is 1. The predicted octanol–water partition coefficient (Wildman–Crippen LogP) is 2.68. The van der Waals surface area contributed by atoms with Crippen molar-refractivity contribution >= 4 is 21.7 Å². The van der Waals surface area contributed by atoms with Crippen LogP contribution in [0.15, 0.2) is 65.8 Å². The summed E-state index contributed by atoms with van der Waals surface area (Å²) in [5.74, 6) is -1.17. The Morgan fingerprint density at radius 2 is 1.92 bits per heavy atom. The molecule has 0 bridgehead atoms. The molecule has 0 spiro atoms. The number of para-hydroxylation sites is 2. The highest BCUT2D eigenvalue weighted by Gasteiger charge is 2.19. The first-order valence-electron chi connectivity index (χ1n) is 7.34. The first-order valence-corrected chi connectivity index (χ1v) is 8.82. The van der Waals surface area contributed by atoms with Gasteiger partial charge in [0.1, 0.15) is 0 Å². The maximum Gasteiger partial charge on any atom is 0.335 e. The fourth-order valence-corrected chi connectivity index (χ4v) is 3.47. The average molecular weight is 357 g/mol. The van der Waals surface area contributed by atoms with E-state index in [4.69, 9.17) is 0 Å². The van der Waals surface area contributed by atoms with Crippen LogP contribution in [0.2, 0.25) is 0 Å². The Balaban J connectivity index is 2.01. The normalized spacial score (nSPS) is 11.2. The zero-order chi connectivity index (χ0) is 18.0. The second-order valence-electron chi connectivity index (χ2n) is 5.36. The number of nitrogens with one attached hydrogen (secondary N) is 1. The molecule has 7 nitrogen and oxygen atoms in total. The number of hydrogen-bond acceptors (Lipinski definition) is 4. The highest BCUT2D eigenvalue weighted by atomic mass is 32.2. The van der Waals surface area contributed by atoms with Crippen LogP contribution < -0.4 is 4.72 Å². The molecular weight excluding hydrogens is 342 g/mol. The van der Waals surface area contributed by atoms with Gasteiger partial charge in [-0.1, -0.05) is 18.2 Å². The van der Waals surface area contributed by atoms with Crippen LogP contribution in [0.25, 0.3) is 5.69 Å². The Kier molecular flexibility index (Phi) is 4.28. The van der Waals surface area contributed by atoms with Gasteiger partial charge in [-0.15, -0.1) is 0 Å². The van der Waals surface area contributed by atoms with Gasteiger partial charge < -0.3 is 5.11 Å². The van der Waals surface area contributed by atoms with E-state index >= 15 is 0 Å². The van der Waals surface area contributed by atoms with Gasteiger partial charge in [-0.2, -0.15) is 5.10 Å². The minimum absolute atomic E-state index is 0.0526. The van der Waals surface area contributed by atoms with Crippen LogP contribution in [0, 0.1) is 6.92 Å². The standard InChI is InChI=1S/C17H15N3O4S/c1-12-7-8-13(11-14(12)17(21)22)25(23,24)19-15-5-2-3-6-16(15)20-10-4-9-18-20/h2-11,19H,1H3,(H,21,22). The third-order valence-corrected chi connectivity index (χ3v) is 5.01. The minimum atomic E-state index is -3.95. The second kappa shape index (κ2) is 6.40. The van der Waals surface area contributed by atoms with Gasteiger partial charge in [-0.05, 0) is 42.8 Å². The predicted molar refractivity (Wildman–Crippen MR) is 92.5 cm³/mol. The number of carboxylic acid groups (broad SMARTS) is 1. The third kappa shape index (κ3) is 3.38. The number of benzene rings is 2. The second-order valence-corrected chi connectivity index (χ2v) is 7.04. The summed E-state index contributed by atoms with van der Waals surface area (Å²) in [4.78, 5) is 11.1. The number of nitrogens with zero attached hydrogens (tertiary/aromatic N) is 2. The Morgan fingerprint density at radius 3 is 2.60 bits per heavy atom. The largest absolute Gasteiger partial charge is 0.478 e. The molecule has 0 saturated heterocycles. The fraction of sp³-hybridized carbons (Fsp3) is 0.0588. The van der Waals surface area contributed by atoms with Gasteiger partial charge in [0.05, 0.1) is 21.8 Å². The molecule has 0 aliphatic rings. The highest BCUT2D eigenvalue weighted by molar-refractivity contribution is 7.92. The summed E-state index contributed by atoms with van der Waals surface area (Å²) in [5, 5.41) is 13.3. The van der Waals surface area contributed by atoms with Crippen LogP contribution in [-0.2, 0) is 10.0 Å². The van der Waals surface area contributed by atoms with Crippen molar-refractivity contribution in [2.45, 2.75) is 11.8 Å². The van der Waals surface area contributed by atoms with Crippen LogP contribution >= 0.6 is 0 Å². The third-order valence-electron chi connectivity index (χ3n) is 3.65. The quantitative estimate of drug-likeness (QED) is 0.731. The number of sulfonamides is 1. The van der Waals surface area contributed by atoms with E-state index in [0.29, 0.717) is 16.9 Å². The maximum absolute atomic E-state index is 12.7. The average Bonchev–Trinajstić information content (AvgIpc) is 3.09. The zero-order valence-electron chi connectivity index (χ0n) is 13.2. The SMILES string of the molecule is Cc1ccc(S(=O)(=O)Nc2ccccc2-n2cccn2)cc1C(=O)O. The molecule has 1 heterocycles. The lowest BCUT2D eigenvalue weighted by Gasteiger charge is -2.13. The molecule has 0 aliphatic carbocycles. The van der Waals surface area contributed by atoms with Gasteiger partial charge in [0.2, 0.25) is 0 Å². The van der Waals surface area contributed by atoms with E-state index in [0.717, 1.165) is 6.07 Å². The Bertz CT molecular complexity index is 1030. The molecule has 8 heteroatoms. The van der Waals surface area contributed by atoms with Crippen molar-refractivity contribution in [3.63, 3.8) is 0 Å². The summed E-state index contributed by atoms with van der Waals surface area (Å²) < 4.78 is 29.4. The molecule has 0 atom stereocenters. The van der Waals surface area contributed by atoms with E-state index < -0.39 is 16.0 Å². The maximum atomic E-state index is 12.7. The molecule has 128 valence electrons. The molecule has 1 aromatic heterocycles. The van der Waals surface area contributed by atoms with E-state index in [2.05, 4.69) is 9.82 Å². The molecule has 0 radical (unpaired) electrons. The van der Waals surface area contributed by atoms with Crippen molar-refractivity contribution in [3.8, 4) is 5.69 Å². The van der Waals surface area contributed by atoms with Gasteiger partial charge in [-0.3, -0.25) is 4.72 Å². The van der Waals surface area contributed by atoms with Crippen molar-refractivity contribution in [2.75, 3.05) is 4.72 Å². The number of rotatable bonds is 5. The van der Waals surface area contributed by atoms with Gasteiger partial charge in [0.15, 0.2) is 0 Å². The van der Waals surface area contributed by atoms with Gasteiger partial charge >= 0.3 is 5.97 Å². The van der Waals surface area contributed by atoms with E-state index in [-0.39, 0.29) is 10.5 Å². The van der Waals surface area contributed by atoms with Crippen molar-refractivity contribution in [2.24, 2.45) is 0 Å². The smallest absolute Gasteiger partial charge is 0.335 e. The van der Waals surface area contributed by atoms with Crippen molar-refractivity contribution in [1.82, 2.24) is 9.78 Å². The summed E-state index contributed by atoms with van der Waals surface area (Å²) in [5.41, 5.74) is 1.33. The van der Waals surface area contributed by atoms with Crippen LogP contribution in [0.5, 0.6) is 0 Å². The fourth-order valence-electron chi connectivity index (χ4n) is 2.37.